The van der Waals surface area contributed by atoms with Gasteiger partial charge in [-0.2, -0.15) is 0 Å². The van der Waals surface area contributed by atoms with Gasteiger partial charge in [-0.1, -0.05) is 25.0 Å². The van der Waals surface area contributed by atoms with E-state index in [1.54, 1.807) is 18.2 Å². The minimum atomic E-state index is -0.434. The topological polar surface area (TPSA) is 110 Å². The predicted molar refractivity (Wildman–Crippen MR) is 89.1 cm³/mol. The lowest BCUT2D eigenvalue weighted by Crippen LogP contribution is -2.45. The number of nitro benzene ring substituents is 1. The van der Waals surface area contributed by atoms with Gasteiger partial charge in [0.1, 0.15) is 5.69 Å². The van der Waals surface area contributed by atoms with Crippen LogP contribution in [0.3, 0.4) is 0 Å². The highest BCUT2D eigenvalue weighted by Gasteiger charge is 2.25. The summed E-state index contributed by atoms with van der Waals surface area (Å²) in [5, 5.41) is 16.9. The van der Waals surface area contributed by atoms with Crippen LogP contribution >= 0.6 is 0 Å². The Morgan fingerprint density at radius 1 is 1.30 bits per heavy atom. The molecule has 2 atom stereocenters. The SMILES string of the molecule is NCC1CCCCC1NC(=O)CCNc1ccccc1[N+](=O)[O-]. The van der Waals surface area contributed by atoms with Gasteiger partial charge in [-0.3, -0.25) is 14.9 Å². The first-order valence-electron chi connectivity index (χ1n) is 8.08. The van der Waals surface area contributed by atoms with Crippen molar-refractivity contribution in [3.05, 3.63) is 34.4 Å². The number of anilines is 1. The average Bonchev–Trinajstić information content (AvgIpc) is 2.55. The fourth-order valence-electron chi connectivity index (χ4n) is 3.05. The number of nitrogens with zero attached hydrogens (tertiary/aromatic N) is 1. The van der Waals surface area contributed by atoms with Crippen molar-refractivity contribution in [2.75, 3.05) is 18.4 Å². The monoisotopic (exact) mass is 320 g/mol. The highest BCUT2D eigenvalue weighted by Crippen LogP contribution is 2.24. The van der Waals surface area contributed by atoms with Gasteiger partial charge in [0.15, 0.2) is 0 Å². The van der Waals surface area contributed by atoms with Crippen LogP contribution in [0, 0.1) is 16.0 Å². The van der Waals surface area contributed by atoms with Gasteiger partial charge >= 0.3 is 0 Å². The van der Waals surface area contributed by atoms with Crippen molar-refractivity contribution in [1.29, 1.82) is 0 Å². The zero-order valence-corrected chi connectivity index (χ0v) is 13.2. The first-order chi connectivity index (χ1) is 11.1. The lowest BCUT2D eigenvalue weighted by molar-refractivity contribution is -0.384. The van der Waals surface area contributed by atoms with Crippen LogP contribution in [0.25, 0.3) is 0 Å². The molecule has 0 spiro atoms. The Balaban J connectivity index is 1.80. The van der Waals surface area contributed by atoms with Crippen LogP contribution < -0.4 is 16.4 Å². The molecule has 0 aliphatic heterocycles. The fraction of sp³-hybridized carbons (Fsp3) is 0.562. The zero-order valence-electron chi connectivity index (χ0n) is 13.2. The molecule has 1 fully saturated rings. The van der Waals surface area contributed by atoms with Crippen LogP contribution in [0.4, 0.5) is 11.4 Å². The van der Waals surface area contributed by atoms with Gasteiger partial charge in [0.2, 0.25) is 5.91 Å². The second-order valence-corrected chi connectivity index (χ2v) is 5.91. The summed E-state index contributed by atoms with van der Waals surface area (Å²) in [7, 11) is 0. The molecule has 1 aromatic carbocycles. The molecule has 0 radical (unpaired) electrons. The Morgan fingerprint density at radius 3 is 2.78 bits per heavy atom. The molecule has 2 rings (SSSR count). The van der Waals surface area contributed by atoms with E-state index >= 15 is 0 Å². The Bertz CT molecular complexity index is 550. The summed E-state index contributed by atoms with van der Waals surface area (Å²) in [6, 6.07) is 6.58. The summed E-state index contributed by atoms with van der Waals surface area (Å²) in [6.07, 6.45) is 4.62. The molecule has 0 bridgehead atoms. The van der Waals surface area contributed by atoms with Crippen molar-refractivity contribution < 1.29 is 9.72 Å². The van der Waals surface area contributed by atoms with E-state index < -0.39 is 4.92 Å². The zero-order chi connectivity index (χ0) is 16.7. The van der Waals surface area contributed by atoms with Crippen LogP contribution in [0.15, 0.2) is 24.3 Å². The number of hydrogen-bond donors (Lipinski definition) is 3. The molecular weight excluding hydrogens is 296 g/mol. The van der Waals surface area contributed by atoms with Gasteiger partial charge in [0.25, 0.3) is 5.69 Å². The molecule has 2 unspecified atom stereocenters. The second-order valence-electron chi connectivity index (χ2n) is 5.91. The predicted octanol–water partition coefficient (Wildman–Crippen LogP) is 2.03. The molecule has 0 heterocycles. The quantitative estimate of drug-likeness (QED) is 0.526. The molecule has 0 aromatic heterocycles. The molecular formula is C16H24N4O3. The van der Waals surface area contributed by atoms with Gasteiger partial charge in [-0.25, -0.2) is 0 Å². The van der Waals surface area contributed by atoms with Crippen molar-refractivity contribution >= 4 is 17.3 Å². The number of nitrogens with two attached hydrogens (primary N) is 1. The van der Waals surface area contributed by atoms with Crippen LogP contribution in [0.5, 0.6) is 0 Å². The molecule has 0 saturated heterocycles. The molecule has 1 saturated carbocycles. The maximum atomic E-state index is 12.1. The van der Waals surface area contributed by atoms with Crippen LogP contribution in [-0.2, 0) is 4.79 Å². The normalized spacial score (nSPS) is 20.7. The number of carbonyl (C=O) groups excluding carboxylic acids is 1. The fourth-order valence-corrected chi connectivity index (χ4v) is 3.05. The molecule has 1 aliphatic rings. The van der Waals surface area contributed by atoms with Crippen LogP contribution in [-0.4, -0.2) is 30.0 Å². The van der Waals surface area contributed by atoms with Gasteiger partial charge < -0.3 is 16.4 Å². The molecule has 126 valence electrons. The molecule has 23 heavy (non-hydrogen) atoms. The number of rotatable bonds is 7. The lowest BCUT2D eigenvalue weighted by Gasteiger charge is -2.31. The van der Waals surface area contributed by atoms with Gasteiger partial charge in [-0.15, -0.1) is 0 Å². The summed E-state index contributed by atoms with van der Waals surface area (Å²) < 4.78 is 0. The van der Waals surface area contributed by atoms with Gasteiger partial charge in [0, 0.05) is 25.1 Å². The molecule has 1 aliphatic carbocycles. The van der Waals surface area contributed by atoms with Crippen molar-refractivity contribution in [2.24, 2.45) is 11.7 Å². The number of para-hydroxylation sites is 2. The second kappa shape index (κ2) is 8.47. The average molecular weight is 320 g/mol. The Labute approximate surface area is 135 Å². The third kappa shape index (κ3) is 4.92. The van der Waals surface area contributed by atoms with E-state index in [2.05, 4.69) is 10.6 Å². The number of amides is 1. The van der Waals surface area contributed by atoms with Gasteiger partial charge in [0.05, 0.1) is 4.92 Å². The van der Waals surface area contributed by atoms with Crippen molar-refractivity contribution in [3.63, 3.8) is 0 Å². The molecule has 4 N–H and O–H groups in total. The third-order valence-corrected chi connectivity index (χ3v) is 4.33. The number of carbonyl (C=O) groups is 1. The van der Waals surface area contributed by atoms with Gasteiger partial charge in [-0.05, 0) is 31.4 Å². The first-order valence-corrected chi connectivity index (χ1v) is 8.08. The summed E-state index contributed by atoms with van der Waals surface area (Å²) >= 11 is 0. The van der Waals surface area contributed by atoms with Crippen molar-refractivity contribution in [1.82, 2.24) is 5.32 Å². The Hall–Kier alpha value is -2.15. The molecule has 1 amide bonds. The first kappa shape index (κ1) is 17.2. The van der Waals surface area contributed by atoms with E-state index in [1.807, 2.05) is 0 Å². The van der Waals surface area contributed by atoms with E-state index in [4.69, 9.17) is 5.73 Å². The Morgan fingerprint density at radius 2 is 2.04 bits per heavy atom. The van der Waals surface area contributed by atoms with Crippen LogP contribution in [0.1, 0.15) is 32.1 Å². The largest absolute Gasteiger partial charge is 0.379 e. The summed E-state index contributed by atoms with van der Waals surface area (Å²) in [4.78, 5) is 22.5. The van der Waals surface area contributed by atoms with E-state index in [0.29, 0.717) is 24.7 Å². The minimum absolute atomic E-state index is 0.0170. The van der Waals surface area contributed by atoms with E-state index in [9.17, 15) is 14.9 Å². The molecule has 1 aromatic rings. The third-order valence-electron chi connectivity index (χ3n) is 4.33. The van der Waals surface area contributed by atoms with E-state index in [-0.39, 0.29) is 24.1 Å². The number of nitrogens with one attached hydrogen (secondary N) is 2. The highest BCUT2D eigenvalue weighted by atomic mass is 16.6. The highest BCUT2D eigenvalue weighted by molar-refractivity contribution is 5.77. The van der Waals surface area contributed by atoms with Crippen molar-refractivity contribution in [2.45, 2.75) is 38.1 Å². The summed E-state index contributed by atoms with van der Waals surface area (Å²) in [5.74, 6) is 0.317. The minimum Gasteiger partial charge on any atom is -0.379 e. The summed E-state index contributed by atoms with van der Waals surface area (Å²) in [6.45, 7) is 0.954. The summed E-state index contributed by atoms with van der Waals surface area (Å²) in [5.41, 5.74) is 6.21. The Kier molecular flexibility index (Phi) is 6.34. The lowest BCUT2D eigenvalue weighted by atomic mass is 9.84. The molecule has 7 nitrogen and oxygen atoms in total. The number of hydrogen-bond acceptors (Lipinski definition) is 5. The smallest absolute Gasteiger partial charge is 0.292 e. The number of nitro groups is 1. The maximum absolute atomic E-state index is 12.1. The van der Waals surface area contributed by atoms with Crippen LogP contribution in [0.2, 0.25) is 0 Å². The van der Waals surface area contributed by atoms with Crippen molar-refractivity contribution in [3.8, 4) is 0 Å². The standard InChI is InChI=1S/C16H24N4O3/c17-11-12-5-1-2-6-13(12)19-16(21)9-10-18-14-7-3-4-8-15(14)20(22)23/h3-4,7-8,12-13,18H,1-2,5-6,9-11,17H2,(H,19,21). The maximum Gasteiger partial charge on any atom is 0.292 e. The van der Waals surface area contributed by atoms with E-state index in [1.165, 1.54) is 12.5 Å². The number of benzene rings is 1. The van der Waals surface area contributed by atoms with E-state index in [0.717, 1.165) is 19.3 Å². The molecule has 7 heteroatoms.